The summed E-state index contributed by atoms with van der Waals surface area (Å²) in [6, 6.07) is 3.58. The summed E-state index contributed by atoms with van der Waals surface area (Å²) >= 11 is 1.41. The summed E-state index contributed by atoms with van der Waals surface area (Å²) in [4.78, 5) is 28.1. The highest BCUT2D eigenvalue weighted by atomic mass is 32.1. The van der Waals surface area contributed by atoms with Crippen LogP contribution in [0.5, 0.6) is 0 Å². The molecule has 1 aromatic carbocycles. The summed E-state index contributed by atoms with van der Waals surface area (Å²) in [5, 5.41) is 10.2. The minimum absolute atomic E-state index is 0.115. The number of nitrogens with one attached hydrogen (secondary N) is 3. The zero-order valence-corrected chi connectivity index (χ0v) is 13.6. The van der Waals surface area contributed by atoms with E-state index in [9.17, 15) is 14.0 Å². The number of nitrogens with zero attached hydrogens (tertiary/aromatic N) is 1. The van der Waals surface area contributed by atoms with E-state index in [4.69, 9.17) is 0 Å². The molecule has 3 N–H and O–H groups in total. The Morgan fingerprint density at radius 2 is 2.09 bits per heavy atom. The highest BCUT2D eigenvalue weighted by molar-refractivity contribution is 7.09. The molecule has 3 amide bonds. The molecule has 6 nitrogen and oxygen atoms in total. The Kier molecular flexibility index (Phi) is 5.64. The van der Waals surface area contributed by atoms with Crippen LogP contribution in [0.2, 0.25) is 0 Å². The predicted molar refractivity (Wildman–Crippen MR) is 87.1 cm³/mol. The number of aryl methyl sites for hydroxylation is 1. The SMILES string of the molecule is CCNC(=O)Nc1cccc(F)c1C(=O)NCc1nc(C)cs1. The van der Waals surface area contributed by atoms with Crippen LogP contribution in [0.3, 0.4) is 0 Å². The van der Waals surface area contributed by atoms with Crippen LogP contribution in [-0.2, 0) is 6.54 Å². The highest BCUT2D eigenvalue weighted by Crippen LogP contribution is 2.19. The van der Waals surface area contributed by atoms with Gasteiger partial charge in [-0.15, -0.1) is 11.3 Å². The highest BCUT2D eigenvalue weighted by Gasteiger charge is 2.18. The second-order valence-electron chi connectivity index (χ2n) is 4.71. The van der Waals surface area contributed by atoms with E-state index in [0.717, 1.165) is 10.7 Å². The summed E-state index contributed by atoms with van der Waals surface area (Å²) in [6.07, 6.45) is 0. The maximum Gasteiger partial charge on any atom is 0.319 e. The fourth-order valence-corrected chi connectivity index (χ4v) is 2.63. The van der Waals surface area contributed by atoms with Gasteiger partial charge in [-0.3, -0.25) is 4.79 Å². The number of halogens is 1. The molecular formula is C15H17FN4O2S. The molecule has 0 aliphatic carbocycles. The van der Waals surface area contributed by atoms with E-state index in [-0.39, 0.29) is 17.8 Å². The van der Waals surface area contributed by atoms with Crippen LogP contribution in [0.1, 0.15) is 28.0 Å². The number of anilines is 1. The van der Waals surface area contributed by atoms with Gasteiger partial charge in [-0.1, -0.05) is 6.07 Å². The molecule has 8 heteroatoms. The number of thiazole rings is 1. The van der Waals surface area contributed by atoms with Crippen LogP contribution in [-0.4, -0.2) is 23.5 Å². The minimum atomic E-state index is -0.702. The molecule has 1 aromatic heterocycles. The molecule has 0 radical (unpaired) electrons. The maximum atomic E-state index is 14.0. The molecule has 23 heavy (non-hydrogen) atoms. The lowest BCUT2D eigenvalue weighted by molar-refractivity contribution is 0.0948. The monoisotopic (exact) mass is 336 g/mol. The zero-order valence-electron chi connectivity index (χ0n) is 12.8. The average molecular weight is 336 g/mol. The zero-order chi connectivity index (χ0) is 16.8. The van der Waals surface area contributed by atoms with Crippen molar-refractivity contribution in [3.05, 3.63) is 45.7 Å². The molecule has 2 rings (SSSR count). The maximum absolute atomic E-state index is 14.0. The first-order valence-corrected chi connectivity index (χ1v) is 7.91. The lowest BCUT2D eigenvalue weighted by Crippen LogP contribution is -2.31. The fourth-order valence-electron chi connectivity index (χ4n) is 1.91. The van der Waals surface area contributed by atoms with E-state index >= 15 is 0 Å². The van der Waals surface area contributed by atoms with Crippen LogP contribution in [0.25, 0.3) is 0 Å². The largest absolute Gasteiger partial charge is 0.345 e. The second kappa shape index (κ2) is 7.68. The van der Waals surface area contributed by atoms with E-state index in [2.05, 4.69) is 20.9 Å². The van der Waals surface area contributed by atoms with Crippen molar-refractivity contribution in [1.29, 1.82) is 0 Å². The Bertz CT molecular complexity index is 717. The van der Waals surface area contributed by atoms with Gasteiger partial charge in [0.2, 0.25) is 0 Å². The fraction of sp³-hybridized carbons (Fsp3) is 0.267. The van der Waals surface area contributed by atoms with Crippen molar-refractivity contribution < 1.29 is 14.0 Å². The standard InChI is InChI=1S/C15H17FN4O2S/c1-3-17-15(22)20-11-6-4-5-10(16)13(11)14(21)18-7-12-19-9(2)8-23-12/h4-6,8H,3,7H2,1-2H3,(H,18,21)(H2,17,20,22). The molecule has 0 aliphatic heterocycles. The average Bonchev–Trinajstić information content (AvgIpc) is 2.91. The Morgan fingerprint density at radius 3 is 2.74 bits per heavy atom. The van der Waals surface area contributed by atoms with Crippen molar-refractivity contribution in [2.24, 2.45) is 0 Å². The Balaban J connectivity index is 2.13. The van der Waals surface area contributed by atoms with Crippen molar-refractivity contribution in [2.75, 3.05) is 11.9 Å². The number of hydrogen-bond donors (Lipinski definition) is 3. The molecule has 0 saturated carbocycles. The smallest absolute Gasteiger partial charge is 0.319 e. The van der Waals surface area contributed by atoms with Crippen molar-refractivity contribution in [2.45, 2.75) is 20.4 Å². The van der Waals surface area contributed by atoms with Gasteiger partial charge in [-0.2, -0.15) is 0 Å². The summed E-state index contributed by atoms with van der Waals surface area (Å²) in [7, 11) is 0. The van der Waals surface area contributed by atoms with Crippen molar-refractivity contribution in [3.8, 4) is 0 Å². The topological polar surface area (TPSA) is 83.1 Å². The summed E-state index contributed by atoms with van der Waals surface area (Å²) in [5.41, 5.74) is 0.777. The number of aromatic nitrogens is 1. The molecule has 0 fully saturated rings. The first-order valence-electron chi connectivity index (χ1n) is 7.03. The third kappa shape index (κ3) is 4.49. The first-order chi connectivity index (χ1) is 11.0. The van der Waals surface area contributed by atoms with Gasteiger partial charge in [0.15, 0.2) is 0 Å². The number of benzene rings is 1. The molecular weight excluding hydrogens is 319 g/mol. The number of rotatable bonds is 5. The van der Waals surface area contributed by atoms with Gasteiger partial charge in [0, 0.05) is 17.6 Å². The van der Waals surface area contributed by atoms with Crippen molar-refractivity contribution in [1.82, 2.24) is 15.6 Å². The number of amides is 3. The Morgan fingerprint density at radius 1 is 1.30 bits per heavy atom. The lowest BCUT2D eigenvalue weighted by atomic mass is 10.1. The number of carbonyl (C=O) groups excluding carboxylic acids is 2. The van der Waals surface area contributed by atoms with Crippen LogP contribution < -0.4 is 16.0 Å². The van der Waals surface area contributed by atoms with E-state index in [1.165, 1.54) is 29.5 Å². The van der Waals surface area contributed by atoms with Crippen LogP contribution in [0, 0.1) is 12.7 Å². The summed E-state index contributed by atoms with van der Waals surface area (Å²) in [6.45, 7) is 4.24. The third-order valence-corrected chi connectivity index (χ3v) is 3.86. The quantitative estimate of drug-likeness (QED) is 0.785. The summed E-state index contributed by atoms with van der Waals surface area (Å²) in [5.74, 6) is -1.31. The van der Waals surface area contributed by atoms with Gasteiger partial charge in [-0.05, 0) is 26.0 Å². The second-order valence-corrected chi connectivity index (χ2v) is 5.65. The number of urea groups is 1. The lowest BCUT2D eigenvalue weighted by Gasteiger charge is -2.12. The normalized spacial score (nSPS) is 10.2. The first kappa shape index (κ1) is 16.9. The van der Waals surface area contributed by atoms with Gasteiger partial charge in [0.25, 0.3) is 5.91 Å². The summed E-state index contributed by atoms with van der Waals surface area (Å²) < 4.78 is 14.0. The molecule has 2 aromatic rings. The Hall–Kier alpha value is -2.48. The van der Waals surface area contributed by atoms with E-state index in [0.29, 0.717) is 6.54 Å². The molecule has 0 bridgehead atoms. The van der Waals surface area contributed by atoms with Gasteiger partial charge in [0.05, 0.1) is 17.8 Å². The Labute approximate surface area is 137 Å². The van der Waals surface area contributed by atoms with Crippen LogP contribution in [0.15, 0.2) is 23.6 Å². The van der Waals surface area contributed by atoms with Crippen LogP contribution in [0.4, 0.5) is 14.9 Å². The third-order valence-electron chi connectivity index (χ3n) is 2.89. The molecule has 0 unspecified atom stereocenters. The van der Waals surface area contributed by atoms with Crippen LogP contribution >= 0.6 is 11.3 Å². The van der Waals surface area contributed by atoms with E-state index in [1.807, 2.05) is 12.3 Å². The molecule has 0 aliphatic rings. The van der Waals surface area contributed by atoms with Crippen molar-refractivity contribution in [3.63, 3.8) is 0 Å². The van der Waals surface area contributed by atoms with E-state index in [1.54, 1.807) is 6.92 Å². The molecule has 0 spiro atoms. The number of carbonyl (C=O) groups is 2. The minimum Gasteiger partial charge on any atom is -0.345 e. The van der Waals surface area contributed by atoms with Crippen molar-refractivity contribution >= 4 is 29.0 Å². The molecule has 0 saturated heterocycles. The molecule has 1 heterocycles. The van der Waals surface area contributed by atoms with E-state index < -0.39 is 17.8 Å². The molecule has 0 atom stereocenters. The van der Waals surface area contributed by atoms with Gasteiger partial charge < -0.3 is 16.0 Å². The number of hydrogen-bond acceptors (Lipinski definition) is 4. The predicted octanol–water partition coefficient (Wildman–Crippen LogP) is 2.66. The van der Waals surface area contributed by atoms with Gasteiger partial charge in [-0.25, -0.2) is 14.2 Å². The molecule has 122 valence electrons. The van der Waals surface area contributed by atoms with Gasteiger partial charge >= 0.3 is 6.03 Å². The van der Waals surface area contributed by atoms with Gasteiger partial charge in [0.1, 0.15) is 10.8 Å².